The molecule has 318 valence electrons. The zero-order chi connectivity index (χ0) is 42.4. The second-order valence-electron chi connectivity index (χ2n) is 15.4. The molecule has 0 radical (unpaired) electrons. The average molecular weight is 881 g/mol. The number of hydrogen-bond acceptors (Lipinski definition) is 14. The van der Waals surface area contributed by atoms with Gasteiger partial charge in [0.1, 0.15) is 6.20 Å². The first kappa shape index (κ1) is 44.8. The molecule has 10 N–H and O–H groups in total. The van der Waals surface area contributed by atoms with Gasteiger partial charge in [-0.05, 0) is 113 Å². The molecule has 3 aliphatic rings. The number of guanidine groups is 1. The first-order valence-electron chi connectivity index (χ1n) is 20.0. The van der Waals surface area contributed by atoms with Crippen LogP contribution >= 0.6 is 15.9 Å². The van der Waals surface area contributed by atoms with Crippen LogP contribution in [0.2, 0.25) is 0 Å². The summed E-state index contributed by atoms with van der Waals surface area (Å²) >= 11 is 3.54. The lowest BCUT2D eigenvalue weighted by atomic mass is 9.77. The number of aromatic nitrogens is 2. The molecular weight excluding hydrogens is 826 g/mol. The molecule has 3 aromatic rings. The van der Waals surface area contributed by atoms with Crippen molar-refractivity contribution in [3.05, 3.63) is 113 Å². The van der Waals surface area contributed by atoms with E-state index in [4.69, 9.17) is 17.2 Å². The third-order valence-electron chi connectivity index (χ3n) is 11.3. The SMILES string of the molecule is NCC1CCC(CC2(N)NC(=NCCc3ccccc3Br)NC=C2[N+](=O)[O-])CC1.NCC1CCC(CNc2nc(NCc3ccccc3[N+](=O)[O-])ncc2[N+](=O)[O-])CC1. The van der Waals surface area contributed by atoms with Crippen molar-refractivity contribution >= 4 is 45.0 Å². The van der Waals surface area contributed by atoms with Crippen molar-refractivity contribution < 1.29 is 14.8 Å². The third kappa shape index (κ3) is 12.8. The smallest absolute Gasteiger partial charge is 0.329 e. The molecule has 0 saturated heterocycles. The fourth-order valence-corrected chi connectivity index (χ4v) is 8.28. The molecule has 59 heavy (non-hydrogen) atoms. The summed E-state index contributed by atoms with van der Waals surface area (Å²) in [5.74, 6) is 2.63. The first-order valence-corrected chi connectivity index (χ1v) is 20.8. The highest BCUT2D eigenvalue weighted by Crippen LogP contribution is 2.35. The van der Waals surface area contributed by atoms with Gasteiger partial charge in [-0.1, -0.05) is 52.3 Å². The van der Waals surface area contributed by atoms with Crippen LogP contribution in [0.1, 0.15) is 68.9 Å². The summed E-state index contributed by atoms with van der Waals surface area (Å²) in [7, 11) is 0. The zero-order valence-corrected chi connectivity index (χ0v) is 34.5. The van der Waals surface area contributed by atoms with Gasteiger partial charge >= 0.3 is 11.4 Å². The van der Waals surface area contributed by atoms with E-state index in [1.807, 2.05) is 24.3 Å². The number of nitro benzene ring substituents is 1. The summed E-state index contributed by atoms with van der Waals surface area (Å²) in [6, 6.07) is 14.3. The predicted molar refractivity (Wildman–Crippen MR) is 230 cm³/mol. The van der Waals surface area contributed by atoms with Crippen LogP contribution in [0.5, 0.6) is 0 Å². The number of nitrogens with zero attached hydrogens (tertiary/aromatic N) is 6. The Balaban J connectivity index is 0.000000224. The van der Waals surface area contributed by atoms with Crippen LogP contribution in [0, 0.1) is 54.0 Å². The minimum atomic E-state index is -1.23. The van der Waals surface area contributed by atoms with Crippen molar-refractivity contribution in [3.8, 4) is 0 Å². The lowest BCUT2D eigenvalue weighted by Crippen LogP contribution is -2.64. The van der Waals surface area contributed by atoms with E-state index in [0.717, 1.165) is 74.0 Å². The topological polar surface area (TPSA) is 294 Å². The van der Waals surface area contributed by atoms with E-state index in [1.54, 1.807) is 18.2 Å². The normalized spacial score (nSPS) is 23.4. The quantitative estimate of drug-likeness (QED) is 0.0685. The van der Waals surface area contributed by atoms with Crippen LogP contribution in [-0.2, 0) is 13.0 Å². The van der Waals surface area contributed by atoms with Gasteiger partial charge in [-0.2, -0.15) is 4.98 Å². The molecule has 0 bridgehead atoms. The largest absolute Gasteiger partial charge is 0.364 e. The molecule has 0 amide bonds. The van der Waals surface area contributed by atoms with Gasteiger partial charge in [-0.15, -0.1) is 0 Å². The van der Waals surface area contributed by atoms with Crippen molar-refractivity contribution in [3.63, 3.8) is 0 Å². The summed E-state index contributed by atoms with van der Waals surface area (Å²) in [5, 5.41) is 46.0. The van der Waals surface area contributed by atoms with Crippen LogP contribution in [0.25, 0.3) is 0 Å². The maximum Gasteiger partial charge on any atom is 0.329 e. The van der Waals surface area contributed by atoms with Gasteiger partial charge in [0.15, 0.2) is 11.6 Å². The molecule has 19 nitrogen and oxygen atoms in total. The van der Waals surface area contributed by atoms with Crippen LogP contribution in [0.15, 0.2) is 76.1 Å². The van der Waals surface area contributed by atoms with Gasteiger partial charge in [0.25, 0.3) is 5.69 Å². The van der Waals surface area contributed by atoms with Gasteiger partial charge in [-0.25, -0.2) is 4.98 Å². The van der Waals surface area contributed by atoms with Crippen LogP contribution in [0.4, 0.5) is 23.1 Å². The first-order chi connectivity index (χ1) is 28.4. The number of benzene rings is 2. The molecule has 2 saturated carbocycles. The highest BCUT2D eigenvalue weighted by molar-refractivity contribution is 9.10. The van der Waals surface area contributed by atoms with Crippen molar-refractivity contribution in [1.82, 2.24) is 20.6 Å². The lowest BCUT2D eigenvalue weighted by Gasteiger charge is -2.37. The number of halogens is 1. The summed E-state index contributed by atoms with van der Waals surface area (Å²) < 4.78 is 1.04. The Labute approximate surface area is 351 Å². The molecule has 2 heterocycles. The summed E-state index contributed by atoms with van der Waals surface area (Å²) in [5.41, 5.74) is 18.1. The second-order valence-corrected chi connectivity index (χ2v) is 16.2. The molecule has 20 heteroatoms. The lowest BCUT2D eigenvalue weighted by molar-refractivity contribution is -0.437. The Morgan fingerprint density at radius 1 is 0.797 bits per heavy atom. The number of nitrogens with one attached hydrogen (secondary N) is 4. The number of aliphatic imine (C=N–C) groups is 1. The minimum Gasteiger partial charge on any atom is -0.364 e. The van der Waals surface area contributed by atoms with Crippen molar-refractivity contribution in [2.45, 2.75) is 76.4 Å². The summed E-state index contributed by atoms with van der Waals surface area (Å²) in [6.45, 7) is 2.65. The van der Waals surface area contributed by atoms with Crippen LogP contribution < -0.4 is 38.5 Å². The zero-order valence-electron chi connectivity index (χ0n) is 32.9. The Kier molecular flexibility index (Phi) is 16.4. The van der Waals surface area contributed by atoms with E-state index in [0.29, 0.717) is 67.8 Å². The van der Waals surface area contributed by atoms with E-state index < -0.39 is 20.4 Å². The number of rotatable bonds is 16. The fraction of sp³-hybridized carbons (Fsp3) is 0.513. The maximum absolute atomic E-state index is 11.6. The predicted octanol–water partition coefficient (Wildman–Crippen LogP) is 5.55. The van der Waals surface area contributed by atoms with E-state index >= 15 is 0 Å². The van der Waals surface area contributed by atoms with Gasteiger partial charge in [-0.3, -0.25) is 41.1 Å². The molecule has 0 spiro atoms. The highest BCUT2D eigenvalue weighted by atomic mass is 79.9. The van der Waals surface area contributed by atoms with E-state index in [9.17, 15) is 30.3 Å². The molecule has 2 fully saturated rings. The number of para-hydroxylation sites is 1. The Bertz CT molecular complexity index is 1970. The Hall–Kier alpha value is -5.31. The average Bonchev–Trinajstić information content (AvgIpc) is 3.23. The monoisotopic (exact) mass is 879 g/mol. The summed E-state index contributed by atoms with van der Waals surface area (Å²) in [4.78, 5) is 45.4. The Morgan fingerprint density at radius 2 is 1.39 bits per heavy atom. The molecule has 1 aromatic heterocycles. The van der Waals surface area contributed by atoms with Gasteiger partial charge in [0.2, 0.25) is 11.8 Å². The van der Waals surface area contributed by atoms with Crippen LogP contribution in [0.3, 0.4) is 0 Å². The van der Waals surface area contributed by atoms with Gasteiger partial charge in [0, 0.05) is 35.7 Å². The number of nitro groups is 3. The molecular formula is C39H54BrN13O6. The van der Waals surface area contributed by atoms with Gasteiger partial charge in [0.05, 0.1) is 21.0 Å². The van der Waals surface area contributed by atoms with Crippen LogP contribution in [-0.4, -0.2) is 62.5 Å². The number of hydrogen-bond donors (Lipinski definition) is 7. The van der Waals surface area contributed by atoms with Crippen molar-refractivity contribution in [2.75, 3.05) is 36.8 Å². The molecule has 1 aliphatic heterocycles. The van der Waals surface area contributed by atoms with Crippen molar-refractivity contribution in [1.29, 1.82) is 0 Å². The minimum absolute atomic E-state index is 0.0154. The molecule has 1 atom stereocenters. The highest BCUT2D eigenvalue weighted by Gasteiger charge is 2.44. The third-order valence-corrected chi connectivity index (χ3v) is 12.1. The van der Waals surface area contributed by atoms with E-state index in [2.05, 4.69) is 52.2 Å². The molecule has 2 aliphatic carbocycles. The Morgan fingerprint density at radius 3 is 2.00 bits per heavy atom. The summed E-state index contributed by atoms with van der Waals surface area (Å²) in [6.07, 6.45) is 12.1. The molecule has 1 unspecified atom stereocenters. The second kappa shape index (κ2) is 21.6. The van der Waals surface area contributed by atoms with E-state index in [-0.39, 0.29) is 35.4 Å². The van der Waals surface area contributed by atoms with Crippen molar-refractivity contribution in [2.24, 2.45) is 45.9 Å². The standard InChI is InChI=1S/C20H29BrN6O2.C19H25N7O4/c21-17-4-2-1-3-16(17)9-10-24-19-25-13-18(27(28)29)20(23,26-19)11-14-5-7-15(12-22)8-6-14;20-9-13-5-7-14(8-6-13)10-21-18-17(26(29)30)12-23-19(24-18)22-11-15-3-1-2-4-16(15)25(27)28/h1-4,13-15H,5-12,22-23H2,(H2,24,25,26);1-4,12-14H,5-11,20H2,(H2,21,22,23,24). The van der Waals surface area contributed by atoms with Gasteiger partial charge < -0.3 is 32.7 Å². The maximum atomic E-state index is 11.6. The fourth-order valence-electron chi connectivity index (χ4n) is 7.80. The molecule has 6 rings (SSSR count). The number of anilines is 2. The van der Waals surface area contributed by atoms with E-state index in [1.165, 1.54) is 12.3 Å². The number of nitrogens with two attached hydrogens (primary N) is 3. The molecule has 2 aromatic carbocycles.